The van der Waals surface area contributed by atoms with E-state index < -0.39 is 5.91 Å². The van der Waals surface area contributed by atoms with Gasteiger partial charge >= 0.3 is 0 Å². The highest BCUT2D eigenvalue weighted by molar-refractivity contribution is 5.85. The maximum Gasteiger partial charge on any atom is 0.276 e. The number of carbonyl (C=O) groups is 2. The Morgan fingerprint density at radius 1 is 1.29 bits per heavy atom. The average molecular weight is 296 g/mol. The molecule has 1 fully saturated rings. The maximum absolute atomic E-state index is 12.7. The molecule has 1 aliphatic rings. The van der Waals surface area contributed by atoms with Crippen molar-refractivity contribution in [3.05, 3.63) is 30.1 Å². The number of amides is 2. The minimum atomic E-state index is -0.499. The van der Waals surface area contributed by atoms with Gasteiger partial charge in [-0.3, -0.25) is 20.4 Å². The zero-order valence-corrected chi connectivity index (χ0v) is 11.6. The standard InChI is InChI=1S/C14H17FN2O4/c1-2-20-12-7-11(12)14(19)17-16-13(18)8-21-10-5-3-9(15)4-6-10/h3-6,11-12H,2,7-8H2,1H3,(H,16,18)(H,17,19)/t11-,12+/m0/s1. The van der Waals surface area contributed by atoms with Crippen molar-refractivity contribution in [2.75, 3.05) is 13.2 Å². The zero-order valence-electron chi connectivity index (χ0n) is 11.6. The van der Waals surface area contributed by atoms with Gasteiger partial charge < -0.3 is 9.47 Å². The molecule has 2 atom stereocenters. The topological polar surface area (TPSA) is 76.7 Å². The quantitative estimate of drug-likeness (QED) is 0.761. The SMILES string of the molecule is CCO[C@@H]1C[C@@H]1C(=O)NNC(=O)COc1ccc(F)cc1. The minimum Gasteiger partial charge on any atom is -0.484 e. The fraction of sp³-hybridized carbons (Fsp3) is 0.429. The van der Waals surface area contributed by atoms with Gasteiger partial charge in [0.25, 0.3) is 5.91 Å². The van der Waals surface area contributed by atoms with Gasteiger partial charge in [0.05, 0.1) is 12.0 Å². The molecule has 1 aromatic rings. The van der Waals surface area contributed by atoms with Gasteiger partial charge in [0.1, 0.15) is 11.6 Å². The molecular weight excluding hydrogens is 279 g/mol. The van der Waals surface area contributed by atoms with E-state index in [9.17, 15) is 14.0 Å². The first-order valence-corrected chi connectivity index (χ1v) is 6.68. The van der Waals surface area contributed by atoms with Gasteiger partial charge in [-0.15, -0.1) is 0 Å². The predicted octanol–water partition coefficient (Wildman–Crippen LogP) is 0.777. The summed E-state index contributed by atoms with van der Waals surface area (Å²) in [5, 5.41) is 0. The lowest BCUT2D eigenvalue weighted by Gasteiger charge is -2.08. The lowest BCUT2D eigenvalue weighted by atomic mass is 10.3. The van der Waals surface area contributed by atoms with Crippen LogP contribution in [0.25, 0.3) is 0 Å². The van der Waals surface area contributed by atoms with Gasteiger partial charge in [-0.25, -0.2) is 4.39 Å². The van der Waals surface area contributed by atoms with E-state index in [0.717, 1.165) is 0 Å². The highest BCUT2D eigenvalue weighted by Gasteiger charge is 2.44. The smallest absolute Gasteiger partial charge is 0.276 e. The summed E-state index contributed by atoms with van der Waals surface area (Å²) in [5.74, 6) is -0.989. The number of hydrogen-bond acceptors (Lipinski definition) is 4. The molecule has 0 saturated heterocycles. The van der Waals surface area contributed by atoms with Crippen molar-refractivity contribution in [3.63, 3.8) is 0 Å². The van der Waals surface area contributed by atoms with Gasteiger partial charge in [-0.2, -0.15) is 0 Å². The molecule has 0 spiro atoms. The molecule has 114 valence electrons. The molecule has 0 heterocycles. The molecule has 2 rings (SSSR count). The first-order chi connectivity index (χ1) is 10.1. The van der Waals surface area contributed by atoms with E-state index in [1.165, 1.54) is 24.3 Å². The third-order valence-corrected chi connectivity index (χ3v) is 2.96. The van der Waals surface area contributed by atoms with Crippen LogP contribution in [0.15, 0.2) is 24.3 Å². The lowest BCUT2D eigenvalue weighted by molar-refractivity contribution is -0.131. The predicted molar refractivity (Wildman–Crippen MR) is 71.7 cm³/mol. The van der Waals surface area contributed by atoms with E-state index >= 15 is 0 Å². The summed E-state index contributed by atoms with van der Waals surface area (Å²) in [6.07, 6.45) is 0.615. The first-order valence-electron chi connectivity index (χ1n) is 6.68. The minimum absolute atomic E-state index is 0.0534. The van der Waals surface area contributed by atoms with Crippen LogP contribution in [0.5, 0.6) is 5.75 Å². The van der Waals surface area contributed by atoms with E-state index in [1.807, 2.05) is 6.92 Å². The van der Waals surface area contributed by atoms with Crippen LogP contribution in [-0.4, -0.2) is 31.1 Å². The fourth-order valence-corrected chi connectivity index (χ4v) is 1.79. The van der Waals surface area contributed by atoms with Crippen molar-refractivity contribution < 1.29 is 23.5 Å². The molecule has 1 aliphatic carbocycles. The van der Waals surface area contributed by atoms with Crippen LogP contribution in [0.3, 0.4) is 0 Å². The summed E-state index contributed by atoms with van der Waals surface area (Å²) in [4.78, 5) is 23.1. The number of hydrogen-bond donors (Lipinski definition) is 2. The number of nitrogens with one attached hydrogen (secondary N) is 2. The molecule has 1 saturated carbocycles. The number of ether oxygens (including phenoxy) is 2. The molecule has 21 heavy (non-hydrogen) atoms. The molecule has 0 unspecified atom stereocenters. The van der Waals surface area contributed by atoms with Crippen LogP contribution in [0.1, 0.15) is 13.3 Å². The fourth-order valence-electron chi connectivity index (χ4n) is 1.79. The maximum atomic E-state index is 12.7. The van der Waals surface area contributed by atoms with Crippen LogP contribution in [-0.2, 0) is 14.3 Å². The number of halogens is 1. The molecule has 0 aliphatic heterocycles. The zero-order chi connectivity index (χ0) is 15.2. The van der Waals surface area contributed by atoms with Crippen molar-refractivity contribution in [2.24, 2.45) is 5.92 Å². The summed E-state index contributed by atoms with van der Waals surface area (Å²) in [6.45, 7) is 2.15. The van der Waals surface area contributed by atoms with Crippen molar-refractivity contribution in [2.45, 2.75) is 19.4 Å². The van der Waals surface area contributed by atoms with Crippen LogP contribution in [0.2, 0.25) is 0 Å². The van der Waals surface area contributed by atoms with Crippen LogP contribution < -0.4 is 15.6 Å². The van der Waals surface area contributed by atoms with Crippen molar-refractivity contribution in [3.8, 4) is 5.75 Å². The molecule has 0 bridgehead atoms. The summed E-state index contributed by atoms with van der Waals surface area (Å²) < 4.78 is 23.1. The molecule has 2 amide bonds. The molecule has 2 N–H and O–H groups in total. The van der Waals surface area contributed by atoms with E-state index in [4.69, 9.17) is 9.47 Å². The third-order valence-electron chi connectivity index (χ3n) is 2.96. The Balaban J connectivity index is 1.64. The van der Waals surface area contributed by atoms with E-state index in [1.54, 1.807) is 0 Å². The summed E-state index contributed by atoms with van der Waals surface area (Å²) >= 11 is 0. The Bertz CT molecular complexity index is 506. The molecule has 0 radical (unpaired) electrons. The van der Waals surface area contributed by atoms with Crippen molar-refractivity contribution in [1.29, 1.82) is 0 Å². The van der Waals surface area contributed by atoms with Crippen molar-refractivity contribution in [1.82, 2.24) is 10.9 Å². The van der Waals surface area contributed by atoms with Gasteiger partial charge in [0, 0.05) is 6.61 Å². The van der Waals surface area contributed by atoms with E-state index in [0.29, 0.717) is 18.8 Å². The van der Waals surface area contributed by atoms with E-state index in [2.05, 4.69) is 10.9 Å². The highest BCUT2D eigenvalue weighted by Crippen LogP contribution is 2.33. The third kappa shape index (κ3) is 4.71. The highest BCUT2D eigenvalue weighted by atomic mass is 19.1. The summed E-state index contributed by atoms with van der Waals surface area (Å²) in [6, 6.07) is 5.29. The van der Waals surface area contributed by atoms with E-state index in [-0.39, 0.29) is 30.4 Å². The van der Waals surface area contributed by atoms with Gasteiger partial charge in [-0.05, 0) is 37.6 Å². The molecule has 0 aromatic heterocycles. The average Bonchev–Trinajstić information content (AvgIpc) is 3.24. The Hall–Kier alpha value is -2.15. The van der Waals surface area contributed by atoms with Gasteiger partial charge in [0.2, 0.25) is 5.91 Å². The Morgan fingerprint density at radius 2 is 2.00 bits per heavy atom. The number of benzene rings is 1. The second-order valence-corrected chi connectivity index (χ2v) is 4.62. The van der Waals surface area contributed by atoms with Crippen LogP contribution in [0.4, 0.5) is 4.39 Å². The largest absolute Gasteiger partial charge is 0.484 e. The Kier molecular flexibility index (Phi) is 5.10. The first kappa shape index (κ1) is 15.2. The number of rotatable bonds is 6. The molecular formula is C14H17FN2O4. The number of carbonyl (C=O) groups excluding carboxylic acids is 2. The second-order valence-electron chi connectivity index (χ2n) is 4.62. The monoisotopic (exact) mass is 296 g/mol. The van der Waals surface area contributed by atoms with Crippen molar-refractivity contribution >= 4 is 11.8 Å². The van der Waals surface area contributed by atoms with Gasteiger partial charge in [0.15, 0.2) is 6.61 Å². The molecule has 7 heteroatoms. The Morgan fingerprint density at radius 3 is 2.67 bits per heavy atom. The normalized spacial score (nSPS) is 19.7. The Labute approximate surface area is 121 Å². The van der Waals surface area contributed by atoms with Crippen LogP contribution >= 0.6 is 0 Å². The molecule has 1 aromatic carbocycles. The molecule has 6 nitrogen and oxygen atoms in total. The second kappa shape index (κ2) is 7.03. The lowest BCUT2D eigenvalue weighted by Crippen LogP contribution is -2.44. The number of hydrazine groups is 1. The van der Waals surface area contributed by atoms with Crippen LogP contribution in [0, 0.1) is 11.7 Å². The summed E-state index contributed by atoms with van der Waals surface area (Å²) in [5.41, 5.74) is 4.57. The van der Waals surface area contributed by atoms with Gasteiger partial charge in [-0.1, -0.05) is 0 Å². The summed E-state index contributed by atoms with van der Waals surface area (Å²) in [7, 11) is 0.